The maximum Gasteiger partial charge on any atom is 0.411 e. The van der Waals surface area contributed by atoms with Gasteiger partial charge in [-0.1, -0.05) is 20.8 Å². The Morgan fingerprint density at radius 2 is 1.72 bits per heavy atom. The highest BCUT2D eigenvalue weighted by Crippen LogP contribution is 2.42. The predicted octanol–water partition coefficient (Wildman–Crippen LogP) is 5.83. The van der Waals surface area contributed by atoms with E-state index in [1.807, 2.05) is 0 Å². The summed E-state index contributed by atoms with van der Waals surface area (Å²) in [6.45, 7) is 16.4. The molecular formula is C26H37F2N3O4Si. The van der Waals surface area contributed by atoms with E-state index in [9.17, 15) is 9.59 Å². The first-order valence-electron chi connectivity index (χ1n) is 12.5. The molecule has 1 aliphatic heterocycles. The van der Waals surface area contributed by atoms with E-state index in [0.717, 1.165) is 6.29 Å². The standard InChI is InChI=1S/C26H37F2N3O4Si/c1-25(2,3)34-24(33)31-12-15(35-36(7,8)26(4,5)6)11-18(31)23-29-21-19(27)16-9-14(13-32)10-17(16)20(28)22(21)30-23/h13-15,18H,9-12H2,1-8H3,(H,29,30)/t15-,18-/m1/s1. The SMILES string of the molecule is CC(C)(C)OC(=O)N1C[C@H](O[Si](C)(C)C(C)(C)C)C[C@@H]1c1nc2c(F)c3c(c(F)c2[nH]1)CC(C=O)C3. The van der Waals surface area contributed by atoms with Crippen LogP contribution in [0.3, 0.4) is 0 Å². The molecular weight excluding hydrogens is 484 g/mol. The molecule has 1 aliphatic carbocycles. The highest BCUT2D eigenvalue weighted by atomic mass is 28.4. The van der Waals surface area contributed by atoms with Gasteiger partial charge in [-0.2, -0.15) is 0 Å². The Hall–Kier alpha value is -2.33. The Morgan fingerprint density at radius 1 is 1.11 bits per heavy atom. The minimum absolute atomic E-state index is 0.0204. The first kappa shape index (κ1) is 26.7. The number of nitrogens with zero attached hydrogens (tertiary/aromatic N) is 2. The fourth-order valence-electron chi connectivity index (χ4n) is 4.80. The molecule has 7 nitrogen and oxygen atoms in total. The van der Waals surface area contributed by atoms with Crippen molar-refractivity contribution in [3.05, 3.63) is 28.6 Å². The third-order valence-corrected chi connectivity index (χ3v) is 12.2. The minimum Gasteiger partial charge on any atom is -0.444 e. The summed E-state index contributed by atoms with van der Waals surface area (Å²) >= 11 is 0. The quantitative estimate of drug-likeness (QED) is 0.404. The smallest absolute Gasteiger partial charge is 0.411 e. The molecule has 1 amide bonds. The Kier molecular flexibility index (Phi) is 6.61. The van der Waals surface area contributed by atoms with Crippen LogP contribution in [0.4, 0.5) is 13.6 Å². The van der Waals surface area contributed by atoms with Gasteiger partial charge in [0.15, 0.2) is 20.0 Å². The number of aldehydes is 1. The number of nitrogens with one attached hydrogen (secondary N) is 1. The van der Waals surface area contributed by atoms with Crippen LogP contribution in [0.2, 0.25) is 18.1 Å². The van der Waals surface area contributed by atoms with Crippen molar-refractivity contribution in [2.75, 3.05) is 6.54 Å². The number of hydrogen-bond acceptors (Lipinski definition) is 5. The number of hydrogen-bond donors (Lipinski definition) is 1. The van der Waals surface area contributed by atoms with Crippen molar-refractivity contribution in [1.29, 1.82) is 0 Å². The van der Waals surface area contributed by atoms with E-state index in [1.54, 1.807) is 25.7 Å². The molecule has 0 saturated carbocycles. The molecule has 0 spiro atoms. The molecule has 2 heterocycles. The van der Waals surface area contributed by atoms with Crippen LogP contribution in [0.5, 0.6) is 0 Å². The molecule has 1 aromatic heterocycles. The summed E-state index contributed by atoms with van der Waals surface area (Å²) in [4.78, 5) is 33.3. The van der Waals surface area contributed by atoms with E-state index < -0.39 is 43.6 Å². The van der Waals surface area contributed by atoms with Gasteiger partial charge in [0, 0.05) is 18.9 Å². The van der Waals surface area contributed by atoms with Crippen molar-refractivity contribution in [1.82, 2.24) is 14.9 Å². The predicted molar refractivity (Wildman–Crippen MR) is 135 cm³/mol. The number of fused-ring (bicyclic) bond motifs is 2. The highest BCUT2D eigenvalue weighted by molar-refractivity contribution is 6.74. The van der Waals surface area contributed by atoms with Gasteiger partial charge in [-0.25, -0.2) is 18.6 Å². The number of imidazole rings is 1. The topological polar surface area (TPSA) is 84.5 Å². The molecule has 2 aliphatic rings. The highest BCUT2D eigenvalue weighted by Gasteiger charge is 2.46. The molecule has 0 radical (unpaired) electrons. The number of aromatic nitrogens is 2. The number of amides is 1. The zero-order valence-electron chi connectivity index (χ0n) is 22.4. The Morgan fingerprint density at radius 3 is 2.28 bits per heavy atom. The number of likely N-dealkylation sites (tertiary alicyclic amines) is 1. The van der Waals surface area contributed by atoms with Crippen LogP contribution in [0.1, 0.15) is 71.0 Å². The summed E-state index contributed by atoms with van der Waals surface area (Å²) in [5.74, 6) is -1.32. The largest absolute Gasteiger partial charge is 0.444 e. The maximum absolute atomic E-state index is 15.4. The molecule has 1 N–H and O–H groups in total. The third kappa shape index (κ3) is 4.81. The number of carbonyl (C=O) groups is 2. The second-order valence-electron chi connectivity index (χ2n) is 12.6. The molecule has 4 rings (SSSR count). The van der Waals surface area contributed by atoms with E-state index >= 15 is 8.78 Å². The lowest BCUT2D eigenvalue weighted by molar-refractivity contribution is -0.110. The number of aromatic amines is 1. The van der Waals surface area contributed by atoms with Crippen molar-refractivity contribution in [2.45, 2.75) is 96.7 Å². The van der Waals surface area contributed by atoms with Gasteiger partial charge in [-0.15, -0.1) is 0 Å². The molecule has 198 valence electrons. The molecule has 1 fully saturated rings. The number of benzene rings is 1. The minimum atomic E-state index is -2.14. The van der Waals surface area contributed by atoms with E-state index in [2.05, 4.69) is 43.8 Å². The van der Waals surface area contributed by atoms with Gasteiger partial charge in [0.25, 0.3) is 0 Å². The monoisotopic (exact) mass is 521 g/mol. The van der Waals surface area contributed by atoms with Crippen LogP contribution >= 0.6 is 0 Å². The average molecular weight is 522 g/mol. The Labute approximate surface area is 212 Å². The summed E-state index contributed by atoms with van der Waals surface area (Å²) in [5, 5.41) is -0.0204. The number of rotatable bonds is 4. The van der Waals surface area contributed by atoms with Gasteiger partial charge in [-0.3, -0.25) is 4.90 Å². The lowest BCUT2D eigenvalue weighted by atomic mass is 10.1. The molecule has 1 saturated heterocycles. The van der Waals surface area contributed by atoms with E-state index in [1.165, 1.54) is 0 Å². The van der Waals surface area contributed by atoms with Gasteiger partial charge in [0.05, 0.1) is 12.1 Å². The summed E-state index contributed by atoms with van der Waals surface area (Å²) < 4.78 is 43.0. The molecule has 1 unspecified atom stereocenters. The second kappa shape index (κ2) is 8.90. The summed E-state index contributed by atoms with van der Waals surface area (Å²) in [6.07, 6.45) is 0.724. The molecule has 36 heavy (non-hydrogen) atoms. The van der Waals surface area contributed by atoms with Gasteiger partial charge in [-0.05, 0) is 62.9 Å². The molecule has 3 atom stereocenters. The molecule has 2 aromatic rings. The second-order valence-corrected chi connectivity index (χ2v) is 17.4. The Bertz CT molecular complexity index is 1150. The van der Waals surface area contributed by atoms with Crippen LogP contribution in [-0.4, -0.2) is 53.8 Å². The van der Waals surface area contributed by atoms with Gasteiger partial charge >= 0.3 is 6.09 Å². The number of ether oxygens (including phenoxy) is 1. The zero-order chi connectivity index (χ0) is 26.8. The van der Waals surface area contributed by atoms with Crippen molar-refractivity contribution in [3.63, 3.8) is 0 Å². The van der Waals surface area contributed by atoms with E-state index in [4.69, 9.17) is 9.16 Å². The lowest BCUT2D eigenvalue weighted by Crippen LogP contribution is -2.45. The first-order chi connectivity index (χ1) is 16.5. The molecule has 10 heteroatoms. The Balaban J connectivity index is 1.72. The van der Waals surface area contributed by atoms with Gasteiger partial charge < -0.3 is 18.9 Å². The summed E-state index contributed by atoms with van der Waals surface area (Å²) in [7, 11) is -2.14. The van der Waals surface area contributed by atoms with Crippen LogP contribution in [-0.2, 0) is 26.8 Å². The summed E-state index contributed by atoms with van der Waals surface area (Å²) in [6, 6.07) is -0.585. The lowest BCUT2D eigenvalue weighted by Gasteiger charge is -2.38. The van der Waals surface area contributed by atoms with Gasteiger partial charge in [0.2, 0.25) is 0 Å². The van der Waals surface area contributed by atoms with Crippen LogP contribution in [0.25, 0.3) is 11.0 Å². The first-order valence-corrected chi connectivity index (χ1v) is 15.4. The normalized spacial score (nSPS) is 21.3. The number of halogens is 2. The third-order valence-electron chi connectivity index (χ3n) is 7.64. The van der Waals surface area contributed by atoms with Gasteiger partial charge in [0.1, 0.15) is 28.7 Å². The summed E-state index contributed by atoms with van der Waals surface area (Å²) in [5.41, 5.74) is -0.412. The van der Waals surface area contributed by atoms with Crippen molar-refractivity contribution < 1.29 is 27.5 Å². The van der Waals surface area contributed by atoms with Crippen molar-refractivity contribution in [2.24, 2.45) is 5.92 Å². The van der Waals surface area contributed by atoms with E-state index in [0.29, 0.717) is 18.8 Å². The fourth-order valence-corrected chi connectivity index (χ4v) is 6.16. The van der Waals surface area contributed by atoms with Crippen LogP contribution < -0.4 is 0 Å². The fraction of sp³-hybridized carbons (Fsp3) is 0.654. The average Bonchev–Trinajstić information content (AvgIpc) is 3.46. The number of H-pyrrole nitrogens is 1. The van der Waals surface area contributed by atoms with Crippen LogP contribution in [0.15, 0.2) is 0 Å². The number of carbonyl (C=O) groups excluding carboxylic acids is 2. The van der Waals surface area contributed by atoms with Crippen molar-refractivity contribution in [3.8, 4) is 0 Å². The maximum atomic E-state index is 15.4. The molecule has 0 bridgehead atoms. The van der Waals surface area contributed by atoms with E-state index in [-0.39, 0.29) is 46.1 Å². The van der Waals surface area contributed by atoms with Crippen LogP contribution in [0, 0.1) is 17.6 Å². The van der Waals surface area contributed by atoms with Crippen molar-refractivity contribution >= 4 is 31.7 Å². The zero-order valence-corrected chi connectivity index (χ0v) is 23.4. The molecule has 1 aromatic carbocycles.